The van der Waals surface area contributed by atoms with Crippen LogP contribution in [0.4, 0.5) is 0 Å². The summed E-state index contributed by atoms with van der Waals surface area (Å²) in [6.07, 6.45) is 44.2. The Labute approximate surface area is 819 Å². The second-order valence-electron chi connectivity index (χ2n) is 48.2. The van der Waals surface area contributed by atoms with Gasteiger partial charge in [-0.3, -0.25) is 19.6 Å². The van der Waals surface area contributed by atoms with E-state index in [2.05, 4.69) is 105 Å². The second-order valence-corrected chi connectivity index (χ2v) is 48.2. The van der Waals surface area contributed by atoms with Crippen LogP contribution in [0.2, 0.25) is 0 Å². The summed E-state index contributed by atoms with van der Waals surface area (Å²) in [4.78, 5) is 64.1. The number of aromatic nitrogens is 1. The summed E-state index contributed by atoms with van der Waals surface area (Å²) in [5.74, 6) is 12.4. The van der Waals surface area contributed by atoms with Crippen molar-refractivity contribution in [2.75, 3.05) is 158 Å². The summed E-state index contributed by atoms with van der Waals surface area (Å²) in [6, 6.07) is 26.3. The first-order valence-corrected chi connectivity index (χ1v) is 55.9. The van der Waals surface area contributed by atoms with Crippen LogP contribution in [0.25, 0.3) is 0 Å². The molecular formula is C113H159N5O20. The van der Waals surface area contributed by atoms with Gasteiger partial charge in [0.15, 0.2) is 0 Å². The third kappa shape index (κ3) is 19.1. The number of rotatable bonds is 20. The molecule has 8 aliphatic heterocycles. The van der Waals surface area contributed by atoms with Crippen molar-refractivity contribution in [3.8, 4) is 23.1 Å². The van der Waals surface area contributed by atoms with E-state index in [1.165, 1.54) is 175 Å². The predicted octanol–water partition coefficient (Wildman–Crippen LogP) is 19.5. The lowest BCUT2D eigenvalue weighted by atomic mass is 9.53. The van der Waals surface area contributed by atoms with Crippen LogP contribution in [0.5, 0.6) is 23.1 Å². The molecule has 8 saturated heterocycles. The fraction of sp³-hybridized carbons (Fsp3) is 0.796. The Morgan fingerprint density at radius 3 is 0.986 bits per heavy atom. The standard InChI is InChI=1S/2C29H41NO5.C28H39NO5.C27H38N2O5/c1-20-13-23(4-5-27(20)32-12-9-30-7-10-31-11-8-30)24-3-2-6-28(19-24)33-29(35-34-28)25-15-21-14-22(17-25)18-26(29)16-21;1-20-13-26(32-12-9-30-7-10-31-11-8-30)4-5-27(20)23-3-2-6-28(19-23)33-29(35-34-28)24-15-21-14-22(17-24)18-25(29)16-21;1-3-22(18-26(5-1)31-12-9-29-7-10-30-11-8-29)23-4-2-6-27(19-23)32-28(34-33-27)24-14-20-13-21(16-24)17-25(28)15-20;1-2-21(22-3-4-25(28-18-22)31-11-8-29-6-9-30-10-7-29)17-26(5-1)32-27(34-33-26)23-13-19-12-20(15-23)16-24(27)14-19/h4-5,13,21-22,24-26H,2-3,6-12,14-19H2,1H3;4-5,13,21-25H,2-3,6-12,14-19H2,1H3;1,3,5,18,20-21,23-25H,2,4,6-17,19H2;3-4,18-21,23-24H,1-2,5-17H2/t21?,22?,24?,25?,26?,28-,29?;21?,22?,23?,24?,25?,28-,29?;20?,21?,23-,24?,25?,27-,28?;19?,20?,21?,23?,24?,26-,27?/m1111/s1. The zero-order valence-electron chi connectivity index (χ0n) is 82.9. The van der Waals surface area contributed by atoms with Gasteiger partial charge in [-0.05, 0) is 328 Å². The van der Waals surface area contributed by atoms with E-state index >= 15 is 0 Å². The number of ether oxygens (including phenoxy) is 12. The maximum absolute atomic E-state index is 7.00. The van der Waals surface area contributed by atoms with Crippen LogP contribution in [-0.2, 0) is 77.0 Å². The number of hydrogen-bond donors (Lipinski definition) is 0. The van der Waals surface area contributed by atoms with E-state index in [4.69, 9.17) is 95.9 Å². The van der Waals surface area contributed by atoms with Crippen molar-refractivity contribution in [1.82, 2.24) is 24.6 Å². The Kier molecular flexibility index (Phi) is 27.2. The first-order valence-electron chi connectivity index (χ1n) is 55.9. The fourth-order valence-electron chi connectivity index (χ4n) is 33.3. The van der Waals surface area contributed by atoms with E-state index in [1.54, 1.807) is 0 Å². The second kappa shape index (κ2) is 39.8. The van der Waals surface area contributed by atoms with Gasteiger partial charge in [0.05, 0.1) is 52.9 Å². The molecule has 756 valence electrons. The molecule has 4 aromatic rings. The molecule has 0 radical (unpaired) electrons. The monoisotopic (exact) mass is 1910 g/mol. The highest BCUT2D eigenvalue weighted by molar-refractivity contribution is 5.40. The molecule has 0 N–H and O–H groups in total. The van der Waals surface area contributed by atoms with E-state index in [0.717, 1.165) is 299 Å². The average molecular weight is 1910 g/mol. The van der Waals surface area contributed by atoms with Gasteiger partial charge < -0.3 is 56.8 Å². The maximum atomic E-state index is 7.00. The van der Waals surface area contributed by atoms with Crippen molar-refractivity contribution in [2.24, 2.45) is 94.7 Å². The number of aryl methyl sites for hydroxylation is 2. The first-order chi connectivity index (χ1) is 67.6. The highest BCUT2D eigenvalue weighted by Gasteiger charge is 2.72. The molecule has 1 aromatic heterocycles. The lowest BCUT2D eigenvalue weighted by Crippen LogP contribution is -2.59. The Balaban J connectivity index is 0.0000000975. The van der Waals surface area contributed by atoms with E-state index < -0.39 is 46.3 Å². The lowest BCUT2D eigenvalue weighted by molar-refractivity contribution is -0.390. The van der Waals surface area contributed by atoms with Crippen molar-refractivity contribution in [3.63, 3.8) is 0 Å². The van der Waals surface area contributed by atoms with Gasteiger partial charge in [0, 0.05) is 190 Å². The Hall–Kier alpha value is -4.79. The van der Waals surface area contributed by atoms with Gasteiger partial charge in [-0.2, -0.15) is 39.1 Å². The summed E-state index contributed by atoms with van der Waals surface area (Å²) < 4.78 is 73.9. The molecule has 0 amide bonds. The zero-order valence-corrected chi connectivity index (χ0v) is 82.9. The largest absolute Gasteiger partial charge is 0.492 e. The smallest absolute Gasteiger partial charge is 0.213 e. The molecule has 8 spiro atoms. The van der Waals surface area contributed by atoms with E-state index in [1.807, 2.05) is 12.3 Å². The van der Waals surface area contributed by atoms with Crippen molar-refractivity contribution < 1.29 is 95.9 Å². The lowest BCUT2D eigenvalue weighted by Gasteiger charge is -2.57. The predicted molar refractivity (Wildman–Crippen MR) is 512 cm³/mol. The van der Waals surface area contributed by atoms with Gasteiger partial charge in [-0.15, -0.1) is 0 Å². The molecule has 32 rings (SSSR count). The third-order valence-corrected chi connectivity index (χ3v) is 39.5. The first kappa shape index (κ1) is 94.2. The highest BCUT2D eigenvalue weighted by atomic mass is 17.3. The third-order valence-electron chi connectivity index (χ3n) is 39.5. The van der Waals surface area contributed by atoms with E-state index in [9.17, 15) is 0 Å². The number of morpholine rings is 4. The van der Waals surface area contributed by atoms with Crippen molar-refractivity contribution >= 4 is 0 Å². The van der Waals surface area contributed by atoms with Crippen LogP contribution in [0, 0.1) is 109 Å². The van der Waals surface area contributed by atoms with Gasteiger partial charge in [0.1, 0.15) is 43.7 Å². The molecule has 138 heavy (non-hydrogen) atoms. The molecule has 8 atom stereocenters. The number of hydrogen-bond acceptors (Lipinski definition) is 25. The number of nitrogens with zero attached hydrogens (tertiary/aromatic N) is 5. The van der Waals surface area contributed by atoms with Gasteiger partial charge in [0.25, 0.3) is 0 Å². The molecule has 3 unspecified atom stereocenters. The maximum Gasteiger partial charge on any atom is 0.213 e. The fourth-order valence-corrected chi connectivity index (χ4v) is 33.3. The van der Waals surface area contributed by atoms with Crippen molar-refractivity contribution in [2.45, 2.75) is 315 Å². The summed E-state index contributed by atoms with van der Waals surface area (Å²) in [5, 5.41) is 0. The Morgan fingerprint density at radius 2 is 0.630 bits per heavy atom. The van der Waals surface area contributed by atoms with Crippen LogP contribution < -0.4 is 18.9 Å². The minimum atomic E-state index is -0.592. The Morgan fingerprint density at radius 1 is 0.304 bits per heavy atom. The van der Waals surface area contributed by atoms with E-state index in [0.29, 0.717) is 90.1 Å². The van der Waals surface area contributed by atoms with Gasteiger partial charge in [-0.25, -0.2) is 4.98 Å². The molecule has 16 bridgehead atoms. The van der Waals surface area contributed by atoms with Crippen molar-refractivity contribution in [1.29, 1.82) is 0 Å². The highest BCUT2D eigenvalue weighted by Crippen LogP contribution is 2.70. The molecular weight excluding hydrogens is 1750 g/mol. The molecule has 25 heteroatoms. The molecule has 3 aromatic carbocycles. The summed E-state index contributed by atoms with van der Waals surface area (Å²) in [6.45, 7) is 25.6. The van der Waals surface area contributed by atoms with Crippen LogP contribution in [0.3, 0.4) is 0 Å². The summed E-state index contributed by atoms with van der Waals surface area (Å²) in [7, 11) is 0. The molecule has 28 aliphatic rings. The average Bonchev–Trinajstić information content (AvgIpc) is 1.62. The van der Waals surface area contributed by atoms with Crippen LogP contribution in [-0.4, -0.2) is 229 Å². The van der Waals surface area contributed by atoms with Crippen LogP contribution >= 0.6 is 0 Å². The summed E-state index contributed by atoms with van der Waals surface area (Å²) in [5.41, 5.74) is 7.88. The molecule has 20 saturated carbocycles. The topological polar surface area (TPSA) is 210 Å². The van der Waals surface area contributed by atoms with Gasteiger partial charge in [0.2, 0.25) is 52.2 Å². The Bertz CT molecular complexity index is 4680. The van der Waals surface area contributed by atoms with Crippen LogP contribution in [0.15, 0.2) is 79.0 Å². The minimum absolute atomic E-state index is 0.374. The quantitative estimate of drug-likeness (QED) is 0.0753. The summed E-state index contributed by atoms with van der Waals surface area (Å²) >= 11 is 0. The normalized spacial score (nSPS) is 43.3. The molecule has 20 aliphatic carbocycles. The van der Waals surface area contributed by atoms with Crippen molar-refractivity contribution in [3.05, 3.63) is 112 Å². The number of benzene rings is 3. The molecule has 25 nitrogen and oxygen atoms in total. The molecule has 9 heterocycles. The van der Waals surface area contributed by atoms with Crippen LogP contribution in [0.1, 0.15) is 288 Å². The van der Waals surface area contributed by atoms with E-state index in [-0.39, 0.29) is 0 Å². The SMILES string of the molecule is Cc1cc(C2CCC[C@]3(C2)OOC2(O3)C3CC4CC(C3)CC2C4)ccc1OCCN1CCOCC1.Cc1cc(OCCN2CCOCC2)ccc1C1CCC[C@]2(C1)OOC1(O2)C2CC3CC(C2)CC1C3.c1cc(OCCN2CCOCC2)cc([C@@H]2CCC[C@]3(C2)OOC2(O3)C3CC4CC(C3)CC2C4)c1.c1cc(OCCN2CCOCC2)ncc1C1CCC[C@]2(C1)OOC1(O2)C2CC3CC(C2)CC1C3. The number of pyridine rings is 1. The van der Waals surface area contributed by atoms with Gasteiger partial charge >= 0.3 is 0 Å². The minimum Gasteiger partial charge on any atom is -0.492 e. The zero-order chi connectivity index (χ0) is 92.1. The van der Waals surface area contributed by atoms with Gasteiger partial charge in [-0.1, -0.05) is 36.4 Å². The molecule has 28 fully saturated rings.